The third-order valence-corrected chi connectivity index (χ3v) is 3.08. The summed E-state index contributed by atoms with van der Waals surface area (Å²) in [6, 6.07) is 10.3. The van der Waals surface area contributed by atoms with Crippen LogP contribution in [-0.2, 0) is 16.0 Å². The number of ether oxygens (including phenoxy) is 2. The van der Waals surface area contributed by atoms with Gasteiger partial charge in [0.05, 0.1) is 5.52 Å². The molecule has 1 N–H and O–H groups in total. The largest absolute Gasteiger partial charge is 0.355 e. The third-order valence-electron chi connectivity index (χ3n) is 3.08. The number of hydrogen-bond acceptors (Lipinski definition) is 4. The third kappa shape index (κ3) is 3.50. The van der Waals surface area contributed by atoms with Gasteiger partial charge in [-0.15, -0.1) is 0 Å². The molecular formula is C15H20N2O2. The molecule has 0 aliphatic heterocycles. The summed E-state index contributed by atoms with van der Waals surface area (Å²) in [5, 5.41) is 4.53. The van der Waals surface area contributed by atoms with Crippen LogP contribution < -0.4 is 5.32 Å². The van der Waals surface area contributed by atoms with Gasteiger partial charge in [0.15, 0.2) is 6.29 Å². The molecule has 2 aromatic rings. The Morgan fingerprint density at radius 3 is 2.68 bits per heavy atom. The smallest absolute Gasteiger partial charge is 0.169 e. The summed E-state index contributed by atoms with van der Waals surface area (Å²) in [4.78, 5) is 4.53. The van der Waals surface area contributed by atoms with Crippen molar-refractivity contribution < 1.29 is 9.47 Å². The molecule has 0 aliphatic carbocycles. The van der Waals surface area contributed by atoms with E-state index in [1.165, 1.54) is 10.9 Å². The van der Waals surface area contributed by atoms with Gasteiger partial charge in [0.2, 0.25) is 0 Å². The first-order valence-electron chi connectivity index (χ1n) is 6.36. The fraction of sp³-hybridized carbons (Fsp3) is 0.400. The number of para-hydroxylation sites is 1. The number of benzene rings is 1. The average molecular weight is 260 g/mol. The number of hydrogen-bond donors (Lipinski definition) is 1. The van der Waals surface area contributed by atoms with Crippen molar-refractivity contribution >= 4 is 10.9 Å². The zero-order valence-electron chi connectivity index (χ0n) is 11.6. The first-order valence-corrected chi connectivity index (χ1v) is 6.36. The van der Waals surface area contributed by atoms with Gasteiger partial charge in [-0.05, 0) is 24.6 Å². The number of nitrogens with one attached hydrogen (secondary N) is 1. The van der Waals surface area contributed by atoms with Gasteiger partial charge in [-0.25, -0.2) is 0 Å². The second-order valence-electron chi connectivity index (χ2n) is 4.47. The van der Waals surface area contributed by atoms with E-state index in [9.17, 15) is 0 Å². The minimum atomic E-state index is -0.214. The van der Waals surface area contributed by atoms with Crippen LogP contribution in [0.15, 0.2) is 30.3 Å². The predicted molar refractivity (Wildman–Crippen MR) is 76.0 cm³/mol. The van der Waals surface area contributed by atoms with E-state index in [4.69, 9.17) is 9.47 Å². The highest BCUT2D eigenvalue weighted by atomic mass is 16.7. The summed E-state index contributed by atoms with van der Waals surface area (Å²) in [6.45, 7) is 3.44. The van der Waals surface area contributed by atoms with Crippen molar-refractivity contribution in [1.82, 2.24) is 10.3 Å². The van der Waals surface area contributed by atoms with Crippen LogP contribution in [0.2, 0.25) is 0 Å². The molecule has 4 heteroatoms. The molecule has 1 heterocycles. The number of rotatable bonds is 6. The quantitative estimate of drug-likeness (QED) is 0.809. The molecule has 4 nitrogen and oxygen atoms in total. The van der Waals surface area contributed by atoms with Gasteiger partial charge in [-0.1, -0.05) is 18.2 Å². The summed E-state index contributed by atoms with van der Waals surface area (Å²) in [5.41, 5.74) is 3.31. The second-order valence-corrected chi connectivity index (χ2v) is 4.47. The van der Waals surface area contributed by atoms with Crippen molar-refractivity contribution in [3.63, 3.8) is 0 Å². The van der Waals surface area contributed by atoms with Gasteiger partial charge in [-0.2, -0.15) is 0 Å². The van der Waals surface area contributed by atoms with Gasteiger partial charge in [0.25, 0.3) is 0 Å². The first-order chi connectivity index (χ1) is 9.24. The van der Waals surface area contributed by atoms with Crippen LogP contribution in [0.4, 0.5) is 0 Å². The highest BCUT2D eigenvalue weighted by molar-refractivity contribution is 5.82. The lowest BCUT2D eigenvalue weighted by atomic mass is 10.1. The van der Waals surface area contributed by atoms with E-state index in [0.717, 1.165) is 17.8 Å². The summed E-state index contributed by atoms with van der Waals surface area (Å²) in [7, 11) is 3.28. The van der Waals surface area contributed by atoms with Crippen LogP contribution >= 0.6 is 0 Å². The molecule has 0 amide bonds. The molecule has 0 saturated heterocycles. The van der Waals surface area contributed by atoms with Gasteiger partial charge in [0, 0.05) is 38.4 Å². The molecule has 0 saturated carbocycles. The standard InChI is InChI=1S/C15H20N2O2/c1-11-8-12(9-16-10-15(18-2)19-3)13-6-4-5-7-14(13)17-11/h4-8,15-16H,9-10H2,1-3H3. The maximum Gasteiger partial charge on any atom is 0.169 e. The molecule has 1 aromatic heterocycles. The second kappa shape index (κ2) is 6.61. The van der Waals surface area contributed by atoms with Crippen molar-refractivity contribution in [2.24, 2.45) is 0 Å². The van der Waals surface area contributed by atoms with E-state index in [1.54, 1.807) is 14.2 Å². The molecule has 19 heavy (non-hydrogen) atoms. The Morgan fingerprint density at radius 2 is 1.95 bits per heavy atom. The van der Waals surface area contributed by atoms with E-state index in [0.29, 0.717) is 6.54 Å². The fourth-order valence-corrected chi connectivity index (χ4v) is 2.13. The molecule has 1 aromatic carbocycles. The molecule has 0 fully saturated rings. The van der Waals surface area contributed by atoms with Gasteiger partial charge >= 0.3 is 0 Å². The highest BCUT2D eigenvalue weighted by Gasteiger charge is 2.06. The van der Waals surface area contributed by atoms with Crippen molar-refractivity contribution in [1.29, 1.82) is 0 Å². The Balaban J connectivity index is 2.12. The molecule has 0 bridgehead atoms. The maximum atomic E-state index is 5.15. The summed E-state index contributed by atoms with van der Waals surface area (Å²) in [6.07, 6.45) is -0.214. The van der Waals surface area contributed by atoms with Crippen LogP contribution in [0.5, 0.6) is 0 Å². The highest BCUT2D eigenvalue weighted by Crippen LogP contribution is 2.17. The normalized spacial score (nSPS) is 11.4. The first kappa shape index (κ1) is 13.9. The monoisotopic (exact) mass is 260 g/mol. The maximum absolute atomic E-state index is 5.15. The Labute approximate surface area is 113 Å². The summed E-state index contributed by atoms with van der Waals surface area (Å²) >= 11 is 0. The molecule has 0 radical (unpaired) electrons. The van der Waals surface area contributed by atoms with Crippen molar-refractivity contribution in [2.75, 3.05) is 20.8 Å². The van der Waals surface area contributed by atoms with Crippen LogP contribution in [0.1, 0.15) is 11.3 Å². The number of nitrogens with zero attached hydrogens (tertiary/aromatic N) is 1. The van der Waals surface area contributed by atoms with Crippen molar-refractivity contribution in [3.8, 4) is 0 Å². The Hall–Kier alpha value is -1.49. The van der Waals surface area contributed by atoms with E-state index in [-0.39, 0.29) is 6.29 Å². The average Bonchev–Trinajstić information content (AvgIpc) is 2.43. The zero-order chi connectivity index (χ0) is 13.7. The number of fused-ring (bicyclic) bond motifs is 1. The fourth-order valence-electron chi connectivity index (χ4n) is 2.13. The molecule has 0 aliphatic rings. The number of aromatic nitrogens is 1. The zero-order valence-corrected chi connectivity index (χ0v) is 11.6. The SMILES string of the molecule is COC(CNCc1cc(C)nc2ccccc12)OC. The van der Waals surface area contributed by atoms with E-state index >= 15 is 0 Å². The Bertz CT molecular complexity index is 539. The molecule has 0 atom stereocenters. The summed E-state index contributed by atoms with van der Waals surface area (Å²) in [5.74, 6) is 0. The molecule has 0 spiro atoms. The molecule has 0 unspecified atom stereocenters. The Kier molecular flexibility index (Phi) is 4.85. The lowest BCUT2D eigenvalue weighted by Gasteiger charge is -2.15. The van der Waals surface area contributed by atoms with Crippen LogP contribution in [-0.4, -0.2) is 32.0 Å². The van der Waals surface area contributed by atoms with Crippen molar-refractivity contribution in [2.45, 2.75) is 19.8 Å². The lowest BCUT2D eigenvalue weighted by Crippen LogP contribution is -2.29. The molecular weight excluding hydrogens is 240 g/mol. The predicted octanol–water partition coefficient (Wildman–Crippen LogP) is 2.25. The van der Waals surface area contributed by atoms with E-state index in [2.05, 4.69) is 22.4 Å². The minimum Gasteiger partial charge on any atom is -0.355 e. The van der Waals surface area contributed by atoms with Gasteiger partial charge in [-0.3, -0.25) is 4.98 Å². The van der Waals surface area contributed by atoms with Crippen LogP contribution in [0.3, 0.4) is 0 Å². The lowest BCUT2D eigenvalue weighted by molar-refractivity contribution is -0.0988. The van der Waals surface area contributed by atoms with Crippen molar-refractivity contribution in [3.05, 3.63) is 41.6 Å². The van der Waals surface area contributed by atoms with Gasteiger partial charge < -0.3 is 14.8 Å². The number of methoxy groups -OCH3 is 2. The van der Waals surface area contributed by atoms with E-state index in [1.807, 2.05) is 25.1 Å². The number of pyridine rings is 1. The van der Waals surface area contributed by atoms with Crippen LogP contribution in [0, 0.1) is 6.92 Å². The van der Waals surface area contributed by atoms with E-state index < -0.39 is 0 Å². The molecule has 2 rings (SSSR count). The Morgan fingerprint density at radius 1 is 1.21 bits per heavy atom. The minimum absolute atomic E-state index is 0.214. The topological polar surface area (TPSA) is 43.4 Å². The van der Waals surface area contributed by atoms with Gasteiger partial charge in [0.1, 0.15) is 0 Å². The molecule has 102 valence electrons. The number of aryl methyl sites for hydroxylation is 1. The van der Waals surface area contributed by atoms with Crippen LogP contribution in [0.25, 0.3) is 10.9 Å². The summed E-state index contributed by atoms with van der Waals surface area (Å²) < 4.78 is 10.3.